The highest BCUT2D eigenvalue weighted by atomic mass is 16.4. The normalized spacial score (nSPS) is 11.8. The average molecular weight is 427 g/mol. The van der Waals surface area contributed by atoms with Crippen molar-refractivity contribution in [3.05, 3.63) is 0 Å². The van der Waals surface area contributed by atoms with Crippen LogP contribution in [-0.2, 0) is 14.4 Å². The zero-order valence-electron chi connectivity index (χ0n) is 19.5. The molecule has 0 saturated heterocycles. The molecule has 0 bridgehead atoms. The molecule has 30 heavy (non-hydrogen) atoms. The summed E-state index contributed by atoms with van der Waals surface area (Å²) in [5.41, 5.74) is 0. The highest BCUT2D eigenvalue weighted by Gasteiger charge is 2.07. The maximum absolute atomic E-state index is 12.0. The largest absolute Gasteiger partial charge is 0.481 e. The van der Waals surface area contributed by atoms with Gasteiger partial charge < -0.3 is 15.7 Å². The van der Waals surface area contributed by atoms with Crippen molar-refractivity contribution in [2.45, 2.75) is 129 Å². The fourth-order valence-corrected chi connectivity index (χ4v) is 3.59. The van der Waals surface area contributed by atoms with Crippen LogP contribution >= 0.6 is 0 Å². The Bertz CT molecular complexity index is 454. The van der Waals surface area contributed by atoms with E-state index >= 15 is 0 Å². The van der Waals surface area contributed by atoms with E-state index in [4.69, 9.17) is 5.11 Å². The van der Waals surface area contributed by atoms with Gasteiger partial charge in [-0.2, -0.15) is 0 Å². The van der Waals surface area contributed by atoms with E-state index in [9.17, 15) is 14.4 Å². The summed E-state index contributed by atoms with van der Waals surface area (Å²) >= 11 is 0. The number of nitrogens with one attached hydrogen (secondary N) is 2. The second-order valence-corrected chi connectivity index (χ2v) is 8.58. The summed E-state index contributed by atoms with van der Waals surface area (Å²) in [7, 11) is 0. The van der Waals surface area contributed by atoms with Crippen molar-refractivity contribution >= 4 is 17.8 Å². The second kappa shape index (κ2) is 20.7. The third-order valence-corrected chi connectivity index (χ3v) is 5.39. The smallest absolute Gasteiger partial charge is 0.303 e. The Labute approximate surface area is 184 Å². The third kappa shape index (κ3) is 22.7. The Morgan fingerprint density at radius 3 is 1.63 bits per heavy atom. The van der Waals surface area contributed by atoms with Crippen LogP contribution in [0.15, 0.2) is 0 Å². The fourth-order valence-electron chi connectivity index (χ4n) is 3.59. The molecular weight excluding hydrogens is 380 g/mol. The Kier molecular flexibility index (Phi) is 19.6. The van der Waals surface area contributed by atoms with Gasteiger partial charge in [0, 0.05) is 32.4 Å². The summed E-state index contributed by atoms with van der Waals surface area (Å²) in [6.07, 6.45) is 17.7. The summed E-state index contributed by atoms with van der Waals surface area (Å²) in [6, 6.07) is 0.201. The van der Waals surface area contributed by atoms with E-state index < -0.39 is 5.97 Å². The molecule has 6 nitrogen and oxygen atoms in total. The zero-order valence-corrected chi connectivity index (χ0v) is 19.5. The van der Waals surface area contributed by atoms with Crippen LogP contribution in [0.4, 0.5) is 0 Å². The first-order valence-corrected chi connectivity index (χ1v) is 12.2. The van der Waals surface area contributed by atoms with Crippen molar-refractivity contribution < 1.29 is 19.5 Å². The molecule has 0 aliphatic carbocycles. The minimum absolute atomic E-state index is 0.0121. The van der Waals surface area contributed by atoms with Crippen molar-refractivity contribution in [2.24, 2.45) is 0 Å². The van der Waals surface area contributed by atoms with Gasteiger partial charge in [0.2, 0.25) is 11.8 Å². The maximum atomic E-state index is 12.0. The molecule has 2 amide bonds. The Morgan fingerprint density at radius 1 is 0.700 bits per heavy atom. The van der Waals surface area contributed by atoms with Gasteiger partial charge in [-0.15, -0.1) is 0 Å². The van der Waals surface area contributed by atoms with E-state index in [0.29, 0.717) is 19.4 Å². The van der Waals surface area contributed by atoms with Crippen molar-refractivity contribution in [2.75, 3.05) is 6.54 Å². The molecule has 0 aliphatic heterocycles. The molecule has 1 atom stereocenters. The van der Waals surface area contributed by atoms with Gasteiger partial charge in [-0.25, -0.2) is 0 Å². The molecule has 0 heterocycles. The molecule has 3 N–H and O–H groups in total. The van der Waals surface area contributed by atoms with Gasteiger partial charge in [0.25, 0.3) is 0 Å². The highest BCUT2D eigenvalue weighted by Crippen LogP contribution is 2.13. The van der Waals surface area contributed by atoms with Crippen LogP contribution in [0.3, 0.4) is 0 Å². The molecule has 0 unspecified atom stereocenters. The summed E-state index contributed by atoms with van der Waals surface area (Å²) in [6.45, 7) is 4.29. The standard InChI is InChI=1S/C24H46N2O4/c1-21(17-15-16-20-25-22(2)27)26-23(28)18-13-11-9-7-5-3-4-6-8-10-12-14-19-24(29)30/h21H,3-20H2,1-2H3,(H,25,27)(H,26,28)(H,29,30)/t21-/m1/s1. The van der Waals surface area contributed by atoms with Gasteiger partial charge in [-0.05, 0) is 39.0 Å². The number of rotatable bonds is 21. The van der Waals surface area contributed by atoms with Gasteiger partial charge >= 0.3 is 5.97 Å². The molecule has 0 aliphatic rings. The van der Waals surface area contributed by atoms with E-state index in [0.717, 1.165) is 51.4 Å². The number of carbonyl (C=O) groups is 3. The lowest BCUT2D eigenvalue weighted by Crippen LogP contribution is -2.32. The van der Waals surface area contributed by atoms with E-state index in [-0.39, 0.29) is 17.9 Å². The SMILES string of the molecule is CC(=O)NCCCC[C@@H](C)NC(=O)CCCCCCCCCCCCCCC(=O)O. The molecule has 0 rings (SSSR count). The summed E-state index contributed by atoms with van der Waals surface area (Å²) < 4.78 is 0. The van der Waals surface area contributed by atoms with Gasteiger partial charge in [0.1, 0.15) is 0 Å². The minimum atomic E-state index is -0.684. The predicted molar refractivity (Wildman–Crippen MR) is 122 cm³/mol. The third-order valence-electron chi connectivity index (χ3n) is 5.39. The highest BCUT2D eigenvalue weighted by molar-refractivity contribution is 5.76. The zero-order chi connectivity index (χ0) is 22.5. The minimum Gasteiger partial charge on any atom is -0.481 e. The summed E-state index contributed by atoms with van der Waals surface area (Å²) in [4.78, 5) is 33.2. The Morgan fingerprint density at radius 2 is 1.17 bits per heavy atom. The predicted octanol–water partition coefficient (Wildman–Crippen LogP) is 5.34. The van der Waals surface area contributed by atoms with E-state index in [1.165, 1.54) is 51.9 Å². The van der Waals surface area contributed by atoms with Gasteiger partial charge in [0.15, 0.2) is 0 Å². The lowest BCUT2D eigenvalue weighted by Gasteiger charge is -2.13. The first-order chi connectivity index (χ1) is 14.4. The van der Waals surface area contributed by atoms with Crippen molar-refractivity contribution in [1.82, 2.24) is 10.6 Å². The monoisotopic (exact) mass is 426 g/mol. The quantitative estimate of drug-likeness (QED) is 0.216. The molecule has 0 saturated carbocycles. The molecule has 0 fully saturated rings. The molecular formula is C24H46N2O4. The van der Waals surface area contributed by atoms with Crippen molar-refractivity contribution in [3.63, 3.8) is 0 Å². The van der Waals surface area contributed by atoms with E-state index in [1.54, 1.807) is 0 Å². The Balaban J connectivity index is 3.31. The number of carboxylic acids is 1. The lowest BCUT2D eigenvalue weighted by atomic mass is 10.0. The number of carboxylic acid groups (broad SMARTS) is 1. The van der Waals surface area contributed by atoms with Gasteiger partial charge in [-0.3, -0.25) is 14.4 Å². The average Bonchev–Trinajstić information content (AvgIpc) is 2.67. The maximum Gasteiger partial charge on any atom is 0.303 e. The van der Waals surface area contributed by atoms with Crippen LogP contribution in [0.1, 0.15) is 123 Å². The van der Waals surface area contributed by atoms with Crippen LogP contribution in [0.5, 0.6) is 0 Å². The number of carbonyl (C=O) groups excluding carboxylic acids is 2. The molecule has 0 radical (unpaired) electrons. The van der Waals surface area contributed by atoms with Gasteiger partial charge in [0.05, 0.1) is 0 Å². The van der Waals surface area contributed by atoms with E-state index in [1.807, 2.05) is 6.92 Å². The Hall–Kier alpha value is -1.59. The van der Waals surface area contributed by atoms with Crippen molar-refractivity contribution in [3.8, 4) is 0 Å². The number of hydrogen-bond donors (Lipinski definition) is 3. The van der Waals surface area contributed by atoms with Crippen molar-refractivity contribution in [1.29, 1.82) is 0 Å². The molecule has 0 aromatic carbocycles. The number of hydrogen-bond acceptors (Lipinski definition) is 3. The molecule has 0 spiro atoms. The molecule has 0 aromatic heterocycles. The second-order valence-electron chi connectivity index (χ2n) is 8.58. The number of aliphatic carboxylic acids is 1. The summed E-state index contributed by atoms with van der Waals surface area (Å²) in [5.74, 6) is -0.512. The fraction of sp³-hybridized carbons (Fsp3) is 0.875. The van der Waals surface area contributed by atoms with Crippen LogP contribution in [0.25, 0.3) is 0 Å². The number of unbranched alkanes of at least 4 members (excludes halogenated alkanes) is 12. The molecule has 0 aromatic rings. The van der Waals surface area contributed by atoms with E-state index in [2.05, 4.69) is 10.6 Å². The van der Waals surface area contributed by atoms with Crippen LogP contribution in [0.2, 0.25) is 0 Å². The first-order valence-electron chi connectivity index (χ1n) is 12.2. The first kappa shape index (κ1) is 28.4. The molecule has 176 valence electrons. The topological polar surface area (TPSA) is 95.5 Å². The van der Waals surface area contributed by atoms with Gasteiger partial charge in [-0.1, -0.05) is 64.2 Å². The van der Waals surface area contributed by atoms with Crippen LogP contribution < -0.4 is 10.6 Å². The molecule has 6 heteroatoms. The number of amides is 2. The lowest BCUT2D eigenvalue weighted by molar-refractivity contribution is -0.137. The van der Waals surface area contributed by atoms with Crippen LogP contribution in [0, 0.1) is 0 Å². The van der Waals surface area contributed by atoms with Crippen LogP contribution in [-0.4, -0.2) is 35.5 Å². The summed E-state index contributed by atoms with van der Waals surface area (Å²) in [5, 5.41) is 14.4.